The number of aliphatic carboxylic acids is 1. The number of thiophene rings is 1. The number of nitrogens with one attached hydrogen (secondary N) is 2. The van der Waals surface area contributed by atoms with Crippen molar-refractivity contribution in [1.82, 2.24) is 10.6 Å². The number of ether oxygens (including phenoxy) is 1. The van der Waals surface area contributed by atoms with Crippen molar-refractivity contribution in [2.75, 3.05) is 13.2 Å². The summed E-state index contributed by atoms with van der Waals surface area (Å²) < 4.78 is 5.52. The van der Waals surface area contributed by atoms with Crippen LogP contribution in [0.2, 0.25) is 0 Å². The first kappa shape index (κ1) is 24.5. The van der Waals surface area contributed by atoms with Crippen molar-refractivity contribution in [3.63, 3.8) is 0 Å². The molecule has 3 N–H and O–H groups in total. The normalized spacial score (nSPS) is 12.9. The molecule has 0 spiro atoms. The maximum atomic E-state index is 12.2. The predicted molar refractivity (Wildman–Crippen MR) is 134 cm³/mol. The van der Waals surface area contributed by atoms with Crippen molar-refractivity contribution < 1.29 is 24.2 Å². The smallest absolute Gasteiger partial charge is 0.407 e. The fourth-order valence-corrected chi connectivity index (χ4v) is 5.14. The summed E-state index contributed by atoms with van der Waals surface area (Å²) in [5.41, 5.74) is 4.71. The van der Waals surface area contributed by atoms with Crippen LogP contribution in [0.25, 0.3) is 11.1 Å². The first-order chi connectivity index (χ1) is 17.0. The number of rotatable bonds is 11. The lowest BCUT2D eigenvalue weighted by atomic mass is 9.98. The summed E-state index contributed by atoms with van der Waals surface area (Å²) in [5.74, 6) is -1.35. The molecule has 7 nitrogen and oxygen atoms in total. The summed E-state index contributed by atoms with van der Waals surface area (Å²) in [4.78, 5) is 36.3. The molecule has 0 saturated heterocycles. The van der Waals surface area contributed by atoms with Crippen LogP contribution in [-0.4, -0.2) is 36.2 Å². The molecule has 3 aromatic rings. The molecule has 8 heteroatoms. The molecule has 0 fully saturated rings. The fraction of sp³-hybridized carbons (Fsp3) is 0.296. The van der Waals surface area contributed by atoms with Crippen LogP contribution in [0.4, 0.5) is 4.79 Å². The number of carboxylic acid groups (broad SMARTS) is 1. The molecule has 0 radical (unpaired) electrons. The zero-order valence-electron chi connectivity index (χ0n) is 19.2. The molecular formula is C27H28N2O5S. The molecule has 1 heterocycles. The molecule has 1 aromatic heterocycles. The van der Waals surface area contributed by atoms with E-state index in [0.717, 1.165) is 6.42 Å². The van der Waals surface area contributed by atoms with E-state index in [1.54, 1.807) is 17.5 Å². The number of fused-ring (bicyclic) bond motifs is 3. The highest BCUT2D eigenvalue weighted by atomic mass is 32.1. The second kappa shape index (κ2) is 11.7. The Bertz CT molecular complexity index is 1130. The van der Waals surface area contributed by atoms with Crippen LogP contribution >= 0.6 is 11.3 Å². The Morgan fingerprint density at radius 3 is 2.23 bits per heavy atom. The molecule has 1 unspecified atom stereocenters. The van der Waals surface area contributed by atoms with Crippen molar-refractivity contribution >= 4 is 29.3 Å². The third kappa shape index (κ3) is 6.08. The summed E-state index contributed by atoms with van der Waals surface area (Å²) in [6, 6.07) is 18.8. The molecule has 0 aliphatic heterocycles. The van der Waals surface area contributed by atoms with Gasteiger partial charge in [0.25, 0.3) is 0 Å². The summed E-state index contributed by atoms with van der Waals surface area (Å²) in [5, 5.41) is 16.5. The fourth-order valence-electron chi connectivity index (χ4n) is 4.37. The number of carboxylic acids is 1. The number of unbranched alkanes of at least 4 members (excludes halogenated alkanes) is 2. The number of carbonyl (C=O) groups excluding carboxylic acids is 2. The Morgan fingerprint density at radius 1 is 0.914 bits per heavy atom. The highest BCUT2D eigenvalue weighted by Crippen LogP contribution is 2.44. The van der Waals surface area contributed by atoms with Crippen LogP contribution in [0.3, 0.4) is 0 Å². The minimum Gasteiger partial charge on any atom is -0.479 e. The van der Waals surface area contributed by atoms with Crippen LogP contribution in [0, 0.1) is 0 Å². The second-order valence-electron chi connectivity index (χ2n) is 8.42. The average Bonchev–Trinajstić information content (AvgIpc) is 3.50. The average molecular weight is 493 g/mol. The van der Waals surface area contributed by atoms with Gasteiger partial charge in [-0.2, -0.15) is 0 Å². The maximum Gasteiger partial charge on any atom is 0.407 e. The third-order valence-corrected chi connectivity index (χ3v) is 7.01. The van der Waals surface area contributed by atoms with Gasteiger partial charge in [-0.15, -0.1) is 11.3 Å². The van der Waals surface area contributed by atoms with Crippen LogP contribution in [0.15, 0.2) is 66.0 Å². The van der Waals surface area contributed by atoms with E-state index in [4.69, 9.17) is 4.74 Å². The standard InChI is InChI=1S/C27H28N2O5S/c30-24(29-25(26(31)32)23-13-8-16-35-23)14-2-1-7-15-28-27(33)34-17-22-20-11-5-3-9-18(20)19-10-4-6-12-21(19)22/h3-6,8-13,16,22,25H,1-2,7,14-15,17H2,(H,28,33)(H,29,30)(H,31,32). The lowest BCUT2D eigenvalue weighted by molar-refractivity contribution is -0.142. The van der Waals surface area contributed by atoms with Gasteiger partial charge < -0.3 is 20.5 Å². The lowest BCUT2D eigenvalue weighted by Crippen LogP contribution is -2.33. The van der Waals surface area contributed by atoms with Gasteiger partial charge in [-0.05, 0) is 46.5 Å². The third-order valence-electron chi connectivity index (χ3n) is 6.07. The molecule has 1 atom stereocenters. The van der Waals surface area contributed by atoms with E-state index in [-0.39, 0.29) is 24.9 Å². The SMILES string of the molecule is O=C(CCCCCNC(=O)OCC1c2ccccc2-c2ccccc21)NC(C(=O)O)c1cccs1. The molecule has 1 aliphatic rings. The van der Waals surface area contributed by atoms with Crippen LogP contribution in [0.5, 0.6) is 0 Å². The first-order valence-electron chi connectivity index (χ1n) is 11.7. The molecule has 0 saturated carbocycles. The number of benzene rings is 2. The van der Waals surface area contributed by atoms with Crippen molar-refractivity contribution in [2.45, 2.75) is 37.6 Å². The molecule has 2 aromatic carbocycles. The zero-order chi connectivity index (χ0) is 24.6. The van der Waals surface area contributed by atoms with Gasteiger partial charge in [-0.1, -0.05) is 61.0 Å². The van der Waals surface area contributed by atoms with E-state index in [9.17, 15) is 19.5 Å². The van der Waals surface area contributed by atoms with E-state index in [0.29, 0.717) is 24.3 Å². The predicted octanol–water partition coefficient (Wildman–Crippen LogP) is 5.09. The molecule has 35 heavy (non-hydrogen) atoms. The van der Waals surface area contributed by atoms with E-state index in [2.05, 4.69) is 34.9 Å². The maximum absolute atomic E-state index is 12.2. The van der Waals surface area contributed by atoms with E-state index < -0.39 is 18.1 Å². The van der Waals surface area contributed by atoms with E-state index in [1.807, 2.05) is 24.3 Å². The number of carbonyl (C=O) groups is 3. The van der Waals surface area contributed by atoms with E-state index in [1.165, 1.54) is 33.6 Å². The van der Waals surface area contributed by atoms with E-state index >= 15 is 0 Å². The van der Waals surface area contributed by atoms with Crippen molar-refractivity contribution in [1.29, 1.82) is 0 Å². The molecule has 1 aliphatic carbocycles. The summed E-state index contributed by atoms with van der Waals surface area (Å²) in [6.07, 6.45) is 1.82. The highest BCUT2D eigenvalue weighted by molar-refractivity contribution is 7.10. The van der Waals surface area contributed by atoms with Gasteiger partial charge in [-0.3, -0.25) is 4.79 Å². The Balaban J connectivity index is 1.13. The molecule has 2 amide bonds. The quantitative estimate of drug-likeness (QED) is 0.324. The van der Waals surface area contributed by atoms with Crippen molar-refractivity contribution in [3.8, 4) is 11.1 Å². The van der Waals surface area contributed by atoms with Crippen molar-refractivity contribution in [3.05, 3.63) is 82.0 Å². The molecule has 0 bridgehead atoms. The van der Waals surface area contributed by atoms with Crippen LogP contribution < -0.4 is 10.6 Å². The number of alkyl carbamates (subject to hydrolysis) is 1. The van der Waals surface area contributed by atoms with Gasteiger partial charge in [0.05, 0.1) is 0 Å². The van der Waals surface area contributed by atoms with Gasteiger partial charge in [-0.25, -0.2) is 9.59 Å². The second-order valence-corrected chi connectivity index (χ2v) is 9.40. The van der Waals surface area contributed by atoms with Gasteiger partial charge in [0.2, 0.25) is 5.91 Å². The monoisotopic (exact) mass is 492 g/mol. The van der Waals surface area contributed by atoms with Gasteiger partial charge in [0.1, 0.15) is 6.61 Å². The largest absolute Gasteiger partial charge is 0.479 e. The lowest BCUT2D eigenvalue weighted by Gasteiger charge is -2.14. The topological polar surface area (TPSA) is 105 Å². The Hall–Kier alpha value is -3.65. The molecule has 4 rings (SSSR count). The summed E-state index contributed by atoms with van der Waals surface area (Å²) in [6.45, 7) is 0.722. The number of hydrogen-bond acceptors (Lipinski definition) is 5. The number of hydrogen-bond donors (Lipinski definition) is 3. The summed E-state index contributed by atoms with van der Waals surface area (Å²) in [7, 11) is 0. The molecular weight excluding hydrogens is 464 g/mol. The van der Waals surface area contributed by atoms with Gasteiger partial charge in [0, 0.05) is 23.8 Å². The van der Waals surface area contributed by atoms with Gasteiger partial charge >= 0.3 is 12.1 Å². The minimum absolute atomic E-state index is 0.0236. The Morgan fingerprint density at radius 2 is 1.60 bits per heavy atom. The first-order valence-corrected chi connectivity index (χ1v) is 12.6. The van der Waals surface area contributed by atoms with Gasteiger partial charge in [0.15, 0.2) is 6.04 Å². The van der Waals surface area contributed by atoms with Crippen LogP contribution in [0.1, 0.15) is 53.6 Å². The van der Waals surface area contributed by atoms with Crippen LogP contribution in [-0.2, 0) is 14.3 Å². The minimum atomic E-state index is -1.08. The number of amides is 2. The highest BCUT2D eigenvalue weighted by Gasteiger charge is 2.29. The zero-order valence-corrected chi connectivity index (χ0v) is 20.1. The van der Waals surface area contributed by atoms with Crippen molar-refractivity contribution in [2.24, 2.45) is 0 Å². The Labute approximate surface area is 208 Å². The molecule has 182 valence electrons. The summed E-state index contributed by atoms with van der Waals surface area (Å²) >= 11 is 1.30. The Kier molecular flexibility index (Phi) is 8.15.